The average Bonchev–Trinajstić information content (AvgIpc) is 2.36. The molecule has 2 aromatic carbocycles. The molecule has 0 heterocycles. The normalized spacial score (nSPS) is 10.1. The third-order valence-corrected chi connectivity index (χ3v) is 3.16. The molecule has 0 radical (unpaired) electrons. The standard InChI is InChI=1S/C14H13IN2O/c15-12-5-2-4-11(8-12)14(18)17-9-10-3-1-6-13(16)7-10/h1-8H,9,16H2,(H,17,18). The van der Waals surface area contributed by atoms with Crippen LogP contribution in [0.4, 0.5) is 5.69 Å². The molecule has 92 valence electrons. The molecule has 0 spiro atoms. The molecule has 18 heavy (non-hydrogen) atoms. The number of hydrogen-bond acceptors (Lipinski definition) is 2. The average molecular weight is 352 g/mol. The Morgan fingerprint density at radius 3 is 2.67 bits per heavy atom. The van der Waals surface area contributed by atoms with Crippen LogP contribution >= 0.6 is 22.6 Å². The van der Waals surface area contributed by atoms with Crippen LogP contribution in [0.1, 0.15) is 15.9 Å². The highest BCUT2D eigenvalue weighted by atomic mass is 127. The van der Waals surface area contributed by atoms with Gasteiger partial charge in [0.05, 0.1) is 0 Å². The smallest absolute Gasteiger partial charge is 0.251 e. The highest BCUT2D eigenvalue weighted by Crippen LogP contribution is 2.09. The van der Waals surface area contributed by atoms with Crippen molar-refractivity contribution in [1.82, 2.24) is 5.32 Å². The van der Waals surface area contributed by atoms with Crippen LogP contribution in [-0.4, -0.2) is 5.91 Å². The molecule has 0 saturated heterocycles. The summed E-state index contributed by atoms with van der Waals surface area (Å²) in [4.78, 5) is 11.9. The number of nitrogens with one attached hydrogen (secondary N) is 1. The molecule has 3 N–H and O–H groups in total. The van der Waals surface area contributed by atoms with Crippen molar-refractivity contribution in [3.63, 3.8) is 0 Å². The molecular weight excluding hydrogens is 339 g/mol. The first-order valence-electron chi connectivity index (χ1n) is 5.53. The number of rotatable bonds is 3. The van der Waals surface area contributed by atoms with Crippen molar-refractivity contribution in [2.45, 2.75) is 6.54 Å². The van der Waals surface area contributed by atoms with E-state index < -0.39 is 0 Å². The first-order valence-corrected chi connectivity index (χ1v) is 6.61. The van der Waals surface area contributed by atoms with Crippen LogP contribution in [0.2, 0.25) is 0 Å². The molecule has 0 fully saturated rings. The summed E-state index contributed by atoms with van der Waals surface area (Å²) >= 11 is 2.19. The van der Waals surface area contributed by atoms with Gasteiger partial charge in [-0.2, -0.15) is 0 Å². The Labute approximate surface area is 120 Å². The summed E-state index contributed by atoms with van der Waals surface area (Å²) in [6, 6.07) is 15.0. The predicted molar refractivity (Wildman–Crippen MR) is 81.2 cm³/mol. The number of hydrogen-bond donors (Lipinski definition) is 2. The van der Waals surface area contributed by atoms with Crippen LogP contribution in [0, 0.1) is 3.57 Å². The van der Waals surface area contributed by atoms with E-state index in [-0.39, 0.29) is 5.91 Å². The minimum absolute atomic E-state index is 0.0732. The predicted octanol–water partition coefficient (Wildman–Crippen LogP) is 2.80. The second-order valence-corrected chi connectivity index (χ2v) is 5.18. The fourth-order valence-electron chi connectivity index (χ4n) is 1.62. The lowest BCUT2D eigenvalue weighted by atomic mass is 10.2. The van der Waals surface area contributed by atoms with Crippen molar-refractivity contribution in [1.29, 1.82) is 0 Å². The molecule has 0 aromatic heterocycles. The van der Waals surface area contributed by atoms with Crippen molar-refractivity contribution in [2.75, 3.05) is 5.73 Å². The zero-order chi connectivity index (χ0) is 13.0. The van der Waals surface area contributed by atoms with E-state index in [2.05, 4.69) is 27.9 Å². The molecule has 2 aromatic rings. The zero-order valence-corrected chi connectivity index (χ0v) is 11.8. The van der Waals surface area contributed by atoms with E-state index in [4.69, 9.17) is 5.73 Å². The maximum atomic E-state index is 11.9. The molecule has 2 rings (SSSR count). The lowest BCUT2D eigenvalue weighted by Gasteiger charge is -2.06. The number of carbonyl (C=O) groups is 1. The monoisotopic (exact) mass is 352 g/mol. The van der Waals surface area contributed by atoms with Crippen LogP contribution in [0.3, 0.4) is 0 Å². The summed E-state index contributed by atoms with van der Waals surface area (Å²) < 4.78 is 1.05. The topological polar surface area (TPSA) is 55.1 Å². The highest BCUT2D eigenvalue weighted by Gasteiger charge is 2.05. The van der Waals surface area contributed by atoms with E-state index in [9.17, 15) is 4.79 Å². The fourth-order valence-corrected chi connectivity index (χ4v) is 2.16. The van der Waals surface area contributed by atoms with Crippen LogP contribution < -0.4 is 11.1 Å². The van der Waals surface area contributed by atoms with Gasteiger partial charge >= 0.3 is 0 Å². The van der Waals surface area contributed by atoms with Crippen molar-refractivity contribution >= 4 is 34.2 Å². The van der Waals surface area contributed by atoms with E-state index >= 15 is 0 Å². The molecule has 0 unspecified atom stereocenters. The maximum absolute atomic E-state index is 11.9. The van der Waals surface area contributed by atoms with E-state index in [1.165, 1.54) is 0 Å². The largest absolute Gasteiger partial charge is 0.399 e. The number of anilines is 1. The Morgan fingerprint density at radius 2 is 1.94 bits per heavy atom. The van der Waals surface area contributed by atoms with Gasteiger partial charge in [0.2, 0.25) is 0 Å². The molecule has 0 atom stereocenters. The maximum Gasteiger partial charge on any atom is 0.251 e. The quantitative estimate of drug-likeness (QED) is 0.659. The number of nitrogen functional groups attached to an aromatic ring is 1. The van der Waals surface area contributed by atoms with Gasteiger partial charge in [-0.3, -0.25) is 4.79 Å². The number of benzene rings is 2. The third-order valence-electron chi connectivity index (χ3n) is 2.49. The van der Waals surface area contributed by atoms with Gasteiger partial charge in [-0.05, 0) is 58.5 Å². The Morgan fingerprint density at radius 1 is 1.17 bits per heavy atom. The molecule has 3 nitrogen and oxygen atoms in total. The summed E-state index contributed by atoms with van der Waals surface area (Å²) in [5.41, 5.74) is 8.05. The van der Waals surface area contributed by atoms with Crippen LogP contribution in [0.5, 0.6) is 0 Å². The van der Waals surface area contributed by atoms with Crippen LogP contribution in [-0.2, 0) is 6.54 Å². The summed E-state index contributed by atoms with van der Waals surface area (Å²) in [5, 5.41) is 2.87. The summed E-state index contributed by atoms with van der Waals surface area (Å²) in [6.07, 6.45) is 0. The van der Waals surface area contributed by atoms with Gasteiger partial charge in [-0.25, -0.2) is 0 Å². The lowest BCUT2D eigenvalue weighted by molar-refractivity contribution is 0.0951. The zero-order valence-electron chi connectivity index (χ0n) is 9.69. The van der Waals surface area contributed by atoms with Gasteiger partial charge < -0.3 is 11.1 Å². The minimum atomic E-state index is -0.0732. The van der Waals surface area contributed by atoms with Crippen molar-refractivity contribution in [3.8, 4) is 0 Å². The molecule has 4 heteroatoms. The van der Waals surface area contributed by atoms with E-state index in [1.807, 2.05) is 42.5 Å². The lowest BCUT2D eigenvalue weighted by Crippen LogP contribution is -2.22. The van der Waals surface area contributed by atoms with Crippen molar-refractivity contribution in [3.05, 3.63) is 63.2 Å². The van der Waals surface area contributed by atoms with Gasteiger partial charge in [-0.15, -0.1) is 0 Å². The van der Waals surface area contributed by atoms with E-state index in [0.29, 0.717) is 17.8 Å². The SMILES string of the molecule is Nc1cccc(CNC(=O)c2cccc(I)c2)c1. The van der Waals surface area contributed by atoms with Crippen molar-refractivity contribution in [2.24, 2.45) is 0 Å². The second-order valence-electron chi connectivity index (χ2n) is 3.94. The number of nitrogens with two attached hydrogens (primary N) is 1. The fraction of sp³-hybridized carbons (Fsp3) is 0.0714. The molecule has 0 aliphatic carbocycles. The molecular formula is C14H13IN2O. The van der Waals surface area contributed by atoms with Gasteiger partial charge in [0.15, 0.2) is 0 Å². The van der Waals surface area contributed by atoms with E-state index in [0.717, 1.165) is 9.13 Å². The summed E-state index contributed by atoms with van der Waals surface area (Å²) in [7, 11) is 0. The van der Waals surface area contributed by atoms with Crippen LogP contribution in [0.15, 0.2) is 48.5 Å². The number of halogens is 1. The Hall–Kier alpha value is -1.56. The summed E-state index contributed by atoms with van der Waals surface area (Å²) in [5.74, 6) is -0.0732. The third kappa shape index (κ3) is 3.46. The number of carbonyl (C=O) groups excluding carboxylic acids is 1. The molecule has 0 aliphatic heterocycles. The second kappa shape index (κ2) is 5.86. The first-order chi connectivity index (χ1) is 8.65. The molecule has 1 amide bonds. The minimum Gasteiger partial charge on any atom is -0.399 e. The molecule has 0 bridgehead atoms. The van der Waals surface area contributed by atoms with E-state index in [1.54, 1.807) is 6.07 Å². The van der Waals surface area contributed by atoms with Gasteiger partial charge in [-0.1, -0.05) is 18.2 Å². The first kappa shape index (κ1) is 12.9. The molecule has 0 aliphatic rings. The van der Waals surface area contributed by atoms with Gasteiger partial charge in [0.25, 0.3) is 5.91 Å². The van der Waals surface area contributed by atoms with Crippen LogP contribution in [0.25, 0.3) is 0 Å². The Balaban J connectivity index is 2.00. The van der Waals surface area contributed by atoms with Gasteiger partial charge in [0.1, 0.15) is 0 Å². The summed E-state index contributed by atoms with van der Waals surface area (Å²) in [6.45, 7) is 0.481. The highest BCUT2D eigenvalue weighted by molar-refractivity contribution is 14.1. The Bertz CT molecular complexity index is 569. The molecule has 0 saturated carbocycles. The Kier molecular flexibility index (Phi) is 4.19. The van der Waals surface area contributed by atoms with Gasteiger partial charge in [0, 0.05) is 21.4 Å². The van der Waals surface area contributed by atoms with Crippen molar-refractivity contribution < 1.29 is 4.79 Å². The number of amides is 1.